The van der Waals surface area contributed by atoms with Crippen molar-refractivity contribution in [2.24, 2.45) is 11.8 Å². The number of rotatable bonds is 20. The van der Waals surface area contributed by atoms with Gasteiger partial charge < -0.3 is 29.3 Å². The van der Waals surface area contributed by atoms with Crippen LogP contribution in [0.5, 0.6) is 0 Å². The SMILES string of the molecule is C=CCCC(=O)N(C)[C@H](C)[C@H](OC(=O)[C@@H]1[C@@H]2CC[C@]3(O2)[C@H](C(=O)N(CC=C)C(C)CCC)N(CCCCCCO)C(=O)[C@@H]13)c1ccccc1. The van der Waals surface area contributed by atoms with Crippen LogP contribution in [0.25, 0.3) is 0 Å². The molecule has 270 valence electrons. The summed E-state index contributed by atoms with van der Waals surface area (Å²) in [7, 11) is 1.71. The molecule has 1 aromatic carbocycles. The Labute approximate surface area is 292 Å². The predicted molar refractivity (Wildman–Crippen MR) is 188 cm³/mol. The van der Waals surface area contributed by atoms with Crippen molar-refractivity contribution in [3.8, 4) is 0 Å². The average Bonchev–Trinajstić information content (AvgIpc) is 3.75. The molecule has 3 amide bonds. The fourth-order valence-corrected chi connectivity index (χ4v) is 8.17. The van der Waals surface area contributed by atoms with Crippen molar-refractivity contribution in [2.45, 2.75) is 121 Å². The third-order valence-electron chi connectivity index (χ3n) is 10.8. The third-order valence-corrected chi connectivity index (χ3v) is 10.8. The predicted octanol–water partition coefficient (Wildman–Crippen LogP) is 5.21. The minimum absolute atomic E-state index is 0.0638. The number of allylic oxidation sites excluding steroid dienone is 1. The lowest BCUT2D eigenvalue weighted by atomic mass is 9.70. The average molecular weight is 680 g/mol. The Kier molecular flexibility index (Phi) is 13.6. The van der Waals surface area contributed by atoms with Gasteiger partial charge >= 0.3 is 5.97 Å². The van der Waals surface area contributed by atoms with E-state index in [0.29, 0.717) is 51.6 Å². The molecule has 1 aromatic rings. The van der Waals surface area contributed by atoms with E-state index in [1.54, 1.807) is 33.9 Å². The molecular formula is C39H57N3O7. The van der Waals surface area contributed by atoms with Crippen molar-refractivity contribution in [1.29, 1.82) is 0 Å². The molecule has 49 heavy (non-hydrogen) atoms. The molecule has 10 nitrogen and oxygen atoms in total. The molecule has 1 spiro atoms. The van der Waals surface area contributed by atoms with E-state index in [1.807, 2.05) is 44.2 Å². The second kappa shape index (κ2) is 17.4. The number of carbonyl (C=O) groups excluding carboxylic acids is 4. The molecule has 0 aliphatic carbocycles. The first-order valence-corrected chi connectivity index (χ1v) is 18.2. The maximum absolute atomic E-state index is 14.6. The number of nitrogens with zero attached hydrogens (tertiary/aromatic N) is 3. The van der Waals surface area contributed by atoms with Crippen molar-refractivity contribution < 1.29 is 33.8 Å². The maximum atomic E-state index is 14.6. The Morgan fingerprint density at radius 3 is 2.49 bits per heavy atom. The third kappa shape index (κ3) is 7.96. The van der Waals surface area contributed by atoms with Gasteiger partial charge in [-0.1, -0.05) is 68.7 Å². The van der Waals surface area contributed by atoms with Crippen molar-refractivity contribution in [1.82, 2.24) is 14.7 Å². The van der Waals surface area contributed by atoms with E-state index in [4.69, 9.17) is 9.47 Å². The summed E-state index contributed by atoms with van der Waals surface area (Å²) < 4.78 is 13.0. The summed E-state index contributed by atoms with van der Waals surface area (Å²) in [5.74, 6) is -2.77. The first-order valence-electron chi connectivity index (χ1n) is 18.2. The number of likely N-dealkylation sites (tertiary alicyclic amines) is 1. The topological polar surface area (TPSA) is 117 Å². The zero-order valence-electron chi connectivity index (χ0n) is 29.9. The molecule has 3 heterocycles. The van der Waals surface area contributed by atoms with Crippen LogP contribution in [0.3, 0.4) is 0 Å². The Hall–Kier alpha value is -3.50. The Bertz CT molecular complexity index is 1320. The second-order valence-corrected chi connectivity index (χ2v) is 14.0. The van der Waals surface area contributed by atoms with Gasteiger partial charge in [-0.3, -0.25) is 19.2 Å². The second-order valence-electron chi connectivity index (χ2n) is 14.0. The molecule has 8 atom stereocenters. The number of hydrogen-bond acceptors (Lipinski definition) is 7. The van der Waals surface area contributed by atoms with Gasteiger partial charge in [0.1, 0.15) is 17.7 Å². The summed E-state index contributed by atoms with van der Waals surface area (Å²) >= 11 is 0. The van der Waals surface area contributed by atoms with Crippen LogP contribution in [-0.2, 0) is 28.7 Å². The van der Waals surface area contributed by atoms with Crippen LogP contribution in [0.4, 0.5) is 0 Å². The Morgan fingerprint density at radius 2 is 1.84 bits per heavy atom. The number of aliphatic hydroxyl groups is 1. The van der Waals surface area contributed by atoms with E-state index >= 15 is 0 Å². The summed E-state index contributed by atoms with van der Waals surface area (Å²) in [6.07, 6.45) is 8.62. The lowest BCUT2D eigenvalue weighted by Gasteiger charge is -2.39. The van der Waals surface area contributed by atoms with E-state index < -0.39 is 47.7 Å². The van der Waals surface area contributed by atoms with Gasteiger partial charge in [-0.25, -0.2) is 0 Å². The number of amides is 3. The highest BCUT2D eigenvalue weighted by molar-refractivity contribution is 5.98. The fraction of sp³-hybridized carbons (Fsp3) is 0.641. The summed E-state index contributed by atoms with van der Waals surface area (Å²) in [5, 5.41) is 9.26. The van der Waals surface area contributed by atoms with Gasteiger partial charge in [0.15, 0.2) is 0 Å². The number of benzene rings is 1. The van der Waals surface area contributed by atoms with Crippen molar-refractivity contribution in [3.63, 3.8) is 0 Å². The van der Waals surface area contributed by atoms with Gasteiger partial charge in [-0.2, -0.15) is 0 Å². The van der Waals surface area contributed by atoms with Crippen LogP contribution >= 0.6 is 0 Å². The Balaban J connectivity index is 1.67. The number of fused-ring (bicyclic) bond motifs is 1. The van der Waals surface area contributed by atoms with Gasteiger partial charge in [0.25, 0.3) is 0 Å². The van der Waals surface area contributed by atoms with E-state index in [-0.39, 0.29) is 30.4 Å². The number of ether oxygens (including phenoxy) is 2. The quantitative estimate of drug-likeness (QED) is 0.114. The number of unbranched alkanes of at least 4 members (excludes halogenated alkanes) is 3. The number of hydrogen-bond donors (Lipinski definition) is 1. The maximum Gasteiger partial charge on any atom is 0.313 e. The van der Waals surface area contributed by atoms with Gasteiger partial charge in [0.2, 0.25) is 17.7 Å². The normalized spacial score (nSPS) is 25.7. The molecule has 1 N–H and O–H groups in total. The molecule has 0 saturated carbocycles. The summed E-state index contributed by atoms with van der Waals surface area (Å²) in [6.45, 7) is 14.4. The van der Waals surface area contributed by atoms with Gasteiger partial charge in [-0.15, -0.1) is 13.2 Å². The van der Waals surface area contributed by atoms with Gasteiger partial charge in [0, 0.05) is 39.2 Å². The van der Waals surface area contributed by atoms with E-state index in [9.17, 15) is 24.3 Å². The van der Waals surface area contributed by atoms with Crippen LogP contribution < -0.4 is 0 Å². The van der Waals surface area contributed by atoms with Crippen LogP contribution in [-0.4, -0.2) is 100 Å². The Morgan fingerprint density at radius 1 is 1.12 bits per heavy atom. The molecule has 3 aliphatic rings. The molecule has 3 saturated heterocycles. The monoisotopic (exact) mass is 679 g/mol. The van der Waals surface area contributed by atoms with Gasteiger partial charge in [-0.05, 0) is 57.9 Å². The molecule has 0 aromatic heterocycles. The van der Waals surface area contributed by atoms with E-state index in [2.05, 4.69) is 20.1 Å². The highest BCUT2D eigenvalue weighted by Crippen LogP contribution is 2.59. The zero-order chi connectivity index (χ0) is 35.7. The lowest BCUT2D eigenvalue weighted by molar-refractivity contribution is -0.164. The van der Waals surface area contributed by atoms with Crippen LogP contribution in [0.2, 0.25) is 0 Å². The number of carbonyl (C=O) groups is 4. The molecular weight excluding hydrogens is 622 g/mol. The van der Waals surface area contributed by atoms with Crippen LogP contribution in [0.15, 0.2) is 55.6 Å². The summed E-state index contributed by atoms with van der Waals surface area (Å²) in [6, 6.07) is 7.93. The molecule has 3 fully saturated rings. The first-order chi connectivity index (χ1) is 23.6. The van der Waals surface area contributed by atoms with Crippen molar-refractivity contribution in [3.05, 3.63) is 61.2 Å². The first kappa shape index (κ1) is 38.3. The molecule has 2 bridgehead atoms. The molecule has 0 radical (unpaired) electrons. The number of aliphatic hydroxyl groups excluding tert-OH is 1. The van der Waals surface area contributed by atoms with Crippen molar-refractivity contribution in [2.75, 3.05) is 26.7 Å². The van der Waals surface area contributed by atoms with Crippen molar-refractivity contribution >= 4 is 23.7 Å². The lowest BCUT2D eigenvalue weighted by Crippen LogP contribution is -2.57. The zero-order valence-corrected chi connectivity index (χ0v) is 29.9. The summed E-state index contributed by atoms with van der Waals surface area (Å²) in [4.78, 5) is 61.6. The largest absolute Gasteiger partial charge is 0.455 e. The number of esters is 1. The number of likely N-dealkylation sites (N-methyl/N-ethyl adjacent to an activating group) is 1. The highest BCUT2D eigenvalue weighted by atomic mass is 16.6. The summed E-state index contributed by atoms with van der Waals surface area (Å²) in [5.41, 5.74) is -0.393. The highest BCUT2D eigenvalue weighted by Gasteiger charge is 2.75. The fourth-order valence-electron chi connectivity index (χ4n) is 8.17. The van der Waals surface area contributed by atoms with Crippen LogP contribution in [0, 0.1) is 11.8 Å². The van der Waals surface area contributed by atoms with E-state index in [0.717, 1.165) is 31.2 Å². The smallest absolute Gasteiger partial charge is 0.313 e. The van der Waals surface area contributed by atoms with E-state index in [1.165, 1.54) is 0 Å². The molecule has 10 heteroatoms. The standard InChI is InChI=1S/C39H57N3O7/c1-7-10-21-31(44)40(6)28(5)34(29-19-14-13-15-20-29)48-38(47)32-30-22-23-39(49-30)33(32)36(45)42(25-16-11-12-17-26-43)35(39)37(46)41(24-9-3)27(4)18-8-2/h7,9,13-15,19-20,27-28,30,32-35,43H,1,3,8,10-12,16-18,21-26H2,2,4-6H3/t27?,28-,30+,32-,33-,34+,35+,39-/m1/s1. The molecule has 4 rings (SSSR count). The molecule has 3 aliphatic heterocycles. The minimum Gasteiger partial charge on any atom is -0.455 e. The van der Waals surface area contributed by atoms with Gasteiger partial charge in [0.05, 0.1) is 24.0 Å². The molecule has 1 unspecified atom stereocenters. The minimum atomic E-state index is -1.13. The van der Waals surface area contributed by atoms with Crippen LogP contribution in [0.1, 0.15) is 96.6 Å².